The van der Waals surface area contributed by atoms with E-state index in [2.05, 4.69) is 10.3 Å². The lowest BCUT2D eigenvalue weighted by atomic mass is 10.0. The first-order chi connectivity index (χ1) is 14.9. The fourth-order valence-electron chi connectivity index (χ4n) is 3.53. The minimum atomic E-state index is -0.308. The molecule has 0 fully saturated rings. The van der Waals surface area contributed by atoms with E-state index in [0.717, 1.165) is 23.3 Å². The quantitative estimate of drug-likeness (QED) is 0.545. The number of halogens is 1. The van der Waals surface area contributed by atoms with Crippen LogP contribution in [0.25, 0.3) is 11.3 Å². The summed E-state index contributed by atoms with van der Waals surface area (Å²) in [6.07, 6.45) is 3.06. The lowest BCUT2D eigenvalue weighted by Gasteiger charge is -2.18. The van der Waals surface area contributed by atoms with Gasteiger partial charge in [0.15, 0.2) is 23.1 Å². The highest BCUT2D eigenvalue weighted by Gasteiger charge is 2.32. The molecule has 0 unspecified atom stereocenters. The van der Waals surface area contributed by atoms with Crippen LogP contribution in [-0.2, 0) is 17.6 Å². The van der Waals surface area contributed by atoms with Gasteiger partial charge in [-0.25, -0.2) is 9.37 Å². The lowest BCUT2D eigenvalue weighted by Crippen LogP contribution is -2.28. The van der Waals surface area contributed by atoms with E-state index in [0.29, 0.717) is 37.0 Å². The van der Waals surface area contributed by atoms with Crippen molar-refractivity contribution in [2.75, 3.05) is 13.2 Å². The molecular formula is C24H25FN2O4. The largest absolute Gasteiger partial charge is 0.488 e. The van der Waals surface area contributed by atoms with Crippen LogP contribution in [-0.4, -0.2) is 29.6 Å². The first-order valence-corrected chi connectivity index (χ1v) is 10.3. The maximum absolute atomic E-state index is 13.0. The number of para-hydroxylation sites is 1. The van der Waals surface area contributed by atoms with Crippen LogP contribution in [0.3, 0.4) is 0 Å². The number of amides is 1. The average molecular weight is 424 g/mol. The number of nitrogens with one attached hydrogen (secondary N) is 1. The third-order valence-corrected chi connectivity index (χ3v) is 4.99. The predicted octanol–water partition coefficient (Wildman–Crippen LogP) is 4.32. The van der Waals surface area contributed by atoms with Gasteiger partial charge in [0.25, 0.3) is 0 Å². The molecular weight excluding hydrogens is 399 g/mol. The number of hydrogen-bond donors (Lipinski definition) is 1. The van der Waals surface area contributed by atoms with Gasteiger partial charge in [0.05, 0.1) is 12.7 Å². The van der Waals surface area contributed by atoms with Gasteiger partial charge < -0.3 is 19.2 Å². The highest BCUT2D eigenvalue weighted by Crippen LogP contribution is 2.41. The van der Waals surface area contributed by atoms with Crippen LogP contribution in [0.1, 0.15) is 31.7 Å². The number of benzene rings is 2. The molecule has 2 aromatic carbocycles. The fraction of sp³-hybridized carbons (Fsp3) is 0.333. The van der Waals surface area contributed by atoms with Gasteiger partial charge in [-0.15, -0.1) is 0 Å². The summed E-state index contributed by atoms with van der Waals surface area (Å²) in [6.45, 7) is 4.83. The molecule has 0 radical (unpaired) electrons. The summed E-state index contributed by atoms with van der Waals surface area (Å²) in [7, 11) is 0. The van der Waals surface area contributed by atoms with Gasteiger partial charge in [0, 0.05) is 30.4 Å². The molecule has 0 spiro atoms. The Bertz CT molecular complexity index is 1060. The number of hydrogen-bond acceptors (Lipinski definition) is 5. The SMILES string of the molecule is CC1(C)Cc2cccc(OCCNC(=O)CCc3ncc(-c4ccc(F)cc4)o3)c2O1. The smallest absolute Gasteiger partial charge is 0.220 e. The highest BCUT2D eigenvalue weighted by atomic mass is 19.1. The summed E-state index contributed by atoms with van der Waals surface area (Å²) in [6, 6.07) is 11.9. The number of nitrogens with zero attached hydrogens (tertiary/aromatic N) is 1. The fourth-order valence-corrected chi connectivity index (χ4v) is 3.53. The first-order valence-electron chi connectivity index (χ1n) is 10.3. The molecule has 7 heteroatoms. The summed E-state index contributed by atoms with van der Waals surface area (Å²) in [5.74, 6) is 2.08. The van der Waals surface area contributed by atoms with Crippen molar-refractivity contribution in [1.82, 2.24) is 10.3 Å². The van der Waals surface area contributed by atoms with Crippen molar-refractivity contribution >= 4 is 5.91 Å². The van der Waals surface area contributed by atoms with E-state index in [1.165, 1.54) is 12.1 Å². The van der Waals surface area contributed by atoms with Crippen molar-refractivity contribution in [2.24, 2.45) is 0 Å². The van der Waals surface area contributed by atoms with Crippen molar-refractivity contribution < 1.29 is 23.1 Å². The lowest BCUT2D eigenvalue weighted by molar-refractivity contribution is -0.121. The molecule has 1 aliphatic rings. The van der Waals surface area contributed by atoms with E-state index < -0.39 is 0 Å². The molecule has 4 rings (SSSR count). The molecule has 6 nitrogen and oxygen atoms in total. The molecule has 2 heterocycles. The number of fused-ring (bicyclic) bond motifs is 1. The zero-order valence-electron chi connectivity index (χ0n) is 17.6. The average Bonchev–Trinajstić information content (AvgIpc) is 3.33. The highest BCUT2D eigenvalue weighted by molar-refractivity contribution is 5.76. The molecule has 31 heavy (non-hydrogen) atoms. The Morgan fingerprint density at radius 1 is 1.23 bits per heavy atom. The van der Waals surface area contributed by atoms with Gasteiger partial charge in [-0.2, -0.15) is 0 Å². The van der Waals surface area contributed by atoms with Crippen LogP contribution < -0.4 is 14.8 Å². The molecule has 3 aromatic rings. The van der Waals surface area contributed by atoms with E-state index in [-0.39, 0.29) is 23.7 Å². The van der Waals surface area contributed by atoms with Crippen molar-refractivity contribution in [3.63, 3.8) is 0 Å². The first kappa shape index (κ1) is 20.9. The summed E-state index contributed by atoms with van der Waals surface area (Å²) in [4.78, 5) is 16.3. The number of carbonyl (C=O) groups is 1. The molecule has 162 valence electrons. The number of aromatic nitrogens is 1. The molecule has 1 aliphatic heterocycles. The second-order valence-electron chi connectivity index (χ2n) is 8.11. The zero-order valence-corrected chi connectivity index (χ0v) is 17.6. The van der Waals surface area contributed by atoms with Crippen LogP contribution >= 0.6 is 0 Å². The molecule has 1 N–H and O–H groups in total. The Kier molecular flexibility index (Phi) is 5.93. The van der Waals surface area contributed by atoms with E-state index in [1.54, 1.807) is 18.3 Å². The minimum Gasteiger partial charge on any atom is -0.488 e. The van der Waals surface area contributed by atoms with Gasteiger partial charge in [-0.05, 0) is 44.2 Å². The normalized spacial score (nSPS) is 14.0. The molecule has 1 amide bonds. The van der Waals surface area contributed by atoms with Crippen molar-refractivity contribution in [2.45, 2.75) is 38.7 Å². The van der Waals surface area contributed by atoms with Gasteiger partial charge in [-0.1, -0.05) is 12.1 Å². The summed E-state index contributed by atoms with van der Waals surface area (Å²) in [5.41, 5.74) is 1.64. The van der Waals surface area contributed by atoms with Crippen LogP contribution in [0.4, 0.5) is 4.39 Å². The molecule has 0 bridgehead atoms. The van der Waals surface area contributed by atoms with E-state index >= 15 is 0 Å². The third kappa shape index (κ3) is 5.23. The maximum atomic E-state index is 13.0. The minimum absolute atomic E-state index is 0.110. The Balaban J connectivity index is 1.20. The Morgan fingerprint density at radius 3 is 2.84 bits per heavy atom. The Labute approximate surface area is 180 Å². The van der Waals surface area contributed by atoms with Crippen LogP contribution in [0, 0.1) is 5.82 Å². The monoisotopic (exact) mass is 424 g/mol. The predicted molar refractivity (Wildman–Crippen MR) is 114 cm³/mol. The van der Waals surface area contributed by atoms with Crippen LogP contribution in [0.5, 0.6) is 11.5 Å². The van der Waals surface area contributed by atoms with E-state index in [9.17, 15) is 9.18 Å². The number of ether oxygens (including phenoxy) is 2. The number of aryl methyl sites for hydroxylation is 1. The Hall–Kier alpha value is -3.35. The Morgan fingerprint density at radius 2 is 2.03 bits per heavy atom. The van der Waals surface area contributed by atoms with Gasteiger partial charge in [0.2, 0.25) is 5.91 Å². The third-order valence-electron chi connectivity index (χ3n) is 4.99. The molecule has 1 aromatic heterocycles. The number of rotatable bonds is 8. The molecule has 0 atom stereocenters. The van der Waals surface area contributed by atoms with E-state index in [4.69, 9.17) is 13.9 Å². The van der Waals surface area contributed by atoms with Gasteiger partial charge >= 0.3 is 0 Å². The van der Waals surface area contributed by atoms with Gasteiger partial charge in [-0.3, -0.25) is 4.79 Å². The van der Waals surface area contributed by atoms with Crippen LogP contribution in [0.2, 0.25) is 0 Å². The summed E-state index contributed by atoms with van der Waals surface area (Å²) in [5, 5.41) is 2.84. The summed E-state index contributed by atoms with van der Waals surface area (Å²) >= 11 is 0. The van der Waals surface area contributed by atoms with Crippen LogP contribution in [0.15, 0.2) is 53.1 Å². The number of oxazole rings is 1. The van der Waals surface area contributed by atoms with E-state index in [1.807, 2.05) is 32.0 Å². The molecule has 0 aliphatic carbocycles. The second kappa shape index (κ2) is 8.79. The standard InChI is InChI=1S/C24H25FN2O4/c1-24(2)14-17-4-3-5-19(23(17)31-24)29-13-12-26-21(28)10-11-22-27-15-20(30-22)16-6-8-18(25)9-7-16/h3-9,15H,10-14H2,1-2H3,(H,26,28). The molecule has 0 saturated carbocycles. The second-order valence-corrected chi connectivity index (χ2v) is 8.11. The summed E-state index contributed by atoms with van der Waals surface area (Å²) < 4.78 is 30.5. The van der Waals surface area contributed by atoms with Crippen molar-refractivity contribution in [1.29, 1.82) is 0 Å². The van der Waals surface area contributed by atoms with Crippen molar-refractivity contribution in [3.8, 4) is 22.8 Å². The zero-order chi connectivity index (χ0) is 21.8. The van der Waals surface area contributed by atoms with Gasteiger partial charge in [0.1, 0.15) is 18.0 Å². The maximum Gasteiger partial charge on any atom is 0.220 e. The van der Waals surface area contributed by atoms with Crippen molar-refractivity contribution in [3.05, 3.63) is 65.9 Å². The topological polar surface area (TPSA) is 73.6 Å². The molecule has 0 saturated heterocycles. The number of carbonyl (C=O) groups excluding carboxylic acids is 1.